The van der Waals surface area contributed by atoms with Gasteiger partial charge in [-0.15, -0.1) is 0 Å². The van der Waals surface area contributed by atoms with Gasteiger partial charge in [0.2, 0.25) is 0 Å². The molecule has 17 heavy (non-hydrogen) atoms. The van der Waals surface area contributed by atoms with Gasteiger partial charge >= 0.3 is 0 Å². The van der Waals surface area contributed by atoms with E-state index in [2.05, 4.69) is 43.4 Å². The monoisotopic (exact) mass is 229 g/mol. The van der Waals surface area contributed by atoms with Crippen molar-refractivity contribution >= 4 is 0 Å². The summed E-state index contributed by atoms with van der Waals surface area (Å²) in [7, 11) is 0. The summed E-state index contributed by atoms with van der Waals surface area (Å²) < 4.78 is 5.66. The van der Waals surface area contributed by atoms with Crippen molar-refractivity contribution in [2.45, 2.75) is 32.9 Å². The first-order valence-corrected chi connectivity index (χ1v) is 6.15. The largest absolute Gasteiger partial charge is 0.465 e. The van der Waals surface area contributed by atoms with Crippen LogP contribution in [0.1, 0.15) is 37.0 Å². The fraction of sp³-hybridized carbons (Fsp3) is 0.333. The number of aryl methyl sites for hydroxylation is 1. The molecule has 0 saturated carbocycles. The van der Waals surface area contributed by atoms with E-state index in [9.17, 15) is 0 Å². The van der Waals surface area contributed by atoms with Crippen LogP contribution in [-0.4, -0.2) is 0 Å². The van der Waals surface area contributed by atoms with E-state index in [1.165, 1.54) is 5.56 Å². The molecule has 1 heterocycles. The topological polar surface area (TPSA) is 25.2 Å². The molecule has 2 nitrogen and oxygen atoms in total. The van der Waals surface area contributed by atoms with Crippen molar-refractivity contribution in [3.63, 3.8) is 0 Å². The predicted molar refractivity (Wildman–Crippen MR) is 69.8 cm³/mol. The van der Waals surface area contributed by atoms with Crippen molar-refractivity contribution in [2.75, 3.05) is 0 Å². The van der Waals surface area contributed by atoms with Crippen LogP contribution in [0.3, 0.4) is 0 Å². The molecule has 0 saturated heterocycles. The summed E-state index contributed by atoms with van der Waals surface area (Å²) in [5.74, 6) is 2.05. The Morgan fingerprint density at radius 2 is 1.76 bits per heavy atom. The number of hydrogen-bond donors (Lipinski definition) is 1. The normalized spacial score (nSPS) is 12.6. The van der Waals surface area contributed by atoms with E-state index in [0.29, 0.717) is 6.04 Å². The highest BCUT2D eigenvalue weighted by molar-refractivity contribution is 5.18. The molecule has 0 amide bonds. The SMILES string of the molecule is CCc1ccc(CN[C@H](C)c2ccccc2)o1. The molecule has 2 heteroatoms. The van der Waals surface area contributed by atoms with Gasteiger partial charge in [-0.1, -0.05) is 37.3 Å². The Hall–Kier alpha value is -1.54. The molecule has 2 aromatic rings. The van der Waals surface area contributed by atoms with Crippen LogP contribution in [-0.2, 0) is 13.0 Å². The second kappa shape index (κ2) is 5.69. The highest BCUT2D eigenvalue weighted by atomic mass is 16.3. The Bertz CT molecular complexity index is 447. The van der Waals surface area contributed by atoms with E-state index in [1.54, 1.807) is 0 Å². The van der Waals surface area contributed by atoms with Gasteiger partial charge in [-0.05, 0) is 24.6 Å². The second-order valence-electron chi connectivity index (χ2n) is 4.23. The summed E-state index contributed by atoms with van der Waals surface area (Å²) in [6.45, 7) is 5.04. The summed E-state index contributed by atoms with van der Waals surface area (Å²) in [5, 5.41) is 3.46. The molecule has 0 spiro atoms. The lowest BCUT2D eigenvalue weighted by atomic mass is 10.1. The zero-order chi connectivity index (χ0) is 12.1. The van der Waals surface area contributed by atoms with Crippen molar-refractivity contribution in [3.05, 3.63) is 59.5 Å². The molecule has 0 unspecified atom stereocenters. The first-order valence-electron chi connectivity index (χ1n) is 6.15. The fourth-order valence-corrected chi connectivity index (χ4v) is 1.82. The standard InChI is InChI=1S/C15H19NO/c1-3-14-9-10-15(17-14)11-16-12(2)13-7-5-4-6-8-13/h4-10,12,16H,3,11H2,1-2H3/t12-/m1/s1. The Morgan fingerprint density at radius 3 is 2.41 bits per heavy atom. The number of hydrogen-bond acceptors (Lipinski definition) is 2. The van der Waals surface area contributed by atoms with Crippen molar-refractivity contribution in [3.8, 4) is 0 Å². The molecule has 0 aliphatic carbocycles. The van der Waals surface area contributed by atoms with Gasteiger partial charge in [0, 0.05) is 12.5 Å². The minimum atomic E-state index is 0.339. The maximum absolute atomic E-state index is 5.66. The maximum atomic E-state index is 5.66. The molecule has 0 fully saturated rings. The highest BCUT2D eigenvalue weighted by Gasteiger charge is 2.05. The van der Waals surface area contributed by atoms with Gasteiger partial charge in [-0.25, -0.2) is 0 Å². The third-order valence-corrected chi connectivity index (χ3v) is 2.95. The van der Waals surface area contributed by atoms with Crippen LogP contribution in [0.2, 0.25) is 0 Å². The van der Waals surface area contributed by atoms with Crippen LogP contribution in [0.25, 0.3) is 0 Å². The molecule has 1 aromatic carbocycles. The van der Waals surface area contributed by atoms with Gasteiger partial charge < -0.3 is 9.73 Å². The average molecular weight is 229 g/mol. The number of rotatable bonds is 5. The zero-order valence-corrected chi connectivity index (χ0v) is 10.4. The van der Waals surface area contributed by atoms with Crippen LogP contribution in [0, 0.1) is 0 Å². The van der Waals surface area contributed by atoms with Crippen LogP contribution < -0.4 is 5.32 Å². The lowest BCUT2D eigenvalue weighted by molar-refractivity contribution is 0.435. The summed E-state index contributed by atoms with van der Waals surface area (Å²) >= 11 is 0. The van der Waals surface area contributed by atoms with E-state index >= 15 is 0 Å². The molecule has 2 rings (SSSR count). The third-order valence-electron chi connectivity index (χ3n) is 2.95. The van der Waals surface area contributed by atoms with Crippen molar-refractivity contribution < 1.29 is 4.42 Å². The van der Waals surface area contributed by atoms with Gasteiger partial charge in [0.1, 0.15) is 11.5 Å². The van der Waals surface area contributed by atoms with Crippen LogP contribution in [0.4, 0.5) is 0 Å². The lowest BCUT2D eigenvalue weighted by Crippen LogP contribution is -2.17. The second-order valence-corrected chi connectivity index (χ2v) is 4.23. The molecule has 90 valence electrons. The Kier molecular flexibility index (Phi) is 3.99. The predicted octanol–water partition coefficient (Wildman–Crippen LogP) is 3.69. The number of benzene rings is 1. The average Bonchev–Trinajstić information content (AvgIpc) is 2.85. The van der Waals surface area contributed by atoms with E-state index in [1.807, 2.05) is 18.2 Å². The summed E-state index contributed by atoms with van der Waals surface area (Å²) in [4.78, 5) is 0. The molecule has 1 N–H and O–H groups in total. The van der Waals surface area contributed by atoms with Crippen molar-refractivity contribution in [1.82, 2.24) is 5.32 Å². The first kappa shape index (κ1) is 11.9. The van der Waals surface area contributed by atoms with E-state index < -0.39 is 0 Å². The fourth-order valence-electron chi connectivity index (χ4n) is 1.82. The van der Waals surface area contributed by atoms with Crippen molar-refractivity contribution in [2.24, 2.45) is 0 Å². The molecule has 1 aromatic heterocycles. The summed E-state index contributed by atoms with van der Waals surface area (Å²) in [6, 6.07) is 14.9. The van der Waals surface area contributed by atoms with Crippen LogP contribution in [0.5, 0.6) is 0 Å². The molecule has 0 radical (unpaired) electrons. The summed E-state index contributed by atoms with van der Waals surface area (Å²) in [6.07, 6.45) is 0.953. The van der Waals surface area contributed by atoms with E-state index in [0.717, 1.165) is 24.5 Å². The van der Waals surface area contributed by atoms with E-state index in [-0.39, 0.29) is 0 Å². The Morgan fingerprint density at radius 1 is 1.06 bits per heavy atom. The molecular weight excluding hydrogens is 210 g/mol. The quantitative estimate of drug-likeness (QED) is 0.845. The zero-order valence-electron chi connectivity index (χ0n) is 10.4. The van der Waals surface area contributed by atoms with Crippen molar-refractivity contribution in [1.29, 1.82) is 0 Å². The van der Waals surface area contributed by atoms with E-state index in [4.69, 9.17) is 4.42 Å². The molecule has 0 aliphatic rings. The molecular formula is C15H19NO. The Labute approximate surface area is 103 Å². The van der Waals surface area contributed by atoms with Gasteiger partial charge in [0.25, 0.3) is 0 Å². The molecule has 1 atom stereocenters. The molecule has 0 bridgehead atoms. The minimum absolute atomic E-state index is 0.339. The first-order chi connectivity index (χ1) is 8.29. The lowest BCUT2D eigenvalue weighted by Gasteiger charge is -2.12. The third kappa shape index (κ3) is 3.21. The smallest absolute Gasteiger partial charge is 0.117 e. The number of nitrogens with one attached hydrogen (secondary N) is 1. The van der Waals surface area contributed by atoms with Crippen LogP contribution >= 0.6 is 0 Å². The molecule has 0 aliphatic heterocycles. The number of furan rings is 1. The summed E-state index contributed by atoms with van der Waals surface area (Å²) in [5.41, 5.74) is 1.30. The highest BCUT2D eigenvalue weighted by Crippen LogP contribution is 2.13. The van der Waals surface area contributed by atoms with Gasteiger partial charge in [-0.3, -0.25) is 0 Å². The van der Waals surface area contributed by atoms with Gasteiger partial charge in [0.15, 0.2) is 0 Å². The van der Waals surface area contributed by atoms with Gasteiger partial charge in [0.05, 0.1) is 6.54 Å². The van der Waals surface area contributed by atoms with Gasteiger partial charge in [-0.2, -0.15) is 0 Å². The maximum Gasteiger partial charge on any atom is 0.117 e. The van der Waals surface area contributed by atoms with Crippen LogP contribution in [0.15, 0.2) is 46.9 Å². The Balaban J connectivity index is 1.90. The minimum Gasteiger partial charge on any atom is -0.465 e.